The molecular weight excluding hydrogens is 244 g/mol. The monoisotopic (exact) mass is 258 g/mol. The Balaban J connectivity index is 2.11. The maximum absolute atomic E-state index is 12.0. The number of nitrogens with zero attached hydrogens (tertiary/aromatic N) is 1. The van der Waals surface area contributed by atoms with Gasteiger partial charge in [-0.25, -0.2) is 0 Å². The Bertz CT molecular complexity index is 569. The Kier molecular flexibility index (Phi) is 3.94. The number of ether oxygens (including phenoxy) is 1. The van der Waals surface area contributed by atoms with E-state index in [1.165, 1.54) is 6.20 Å². The largest absolute Gasteiger partial charge is 0.497 e. The molecule has 6 heteroatoms. The number of hydrogen-bond donors (Lipinski definition) is 3. The number of carbonyl (C=O) groups excluding carboxylic acids is 1. The van der Waals surface area contributed by atoms with Crippen LogP contribution in [0.15, 0.2) is 42.6 Å². The van der Waals surface area contributed by atoms with Gasteiger partial charge in [-0.05, 0) is 36.4 Å². The Morgan fingerprint density at radius 2 is 1.95 bits per heavy atom. The van der Waals surface area contributed by atoms with Gasteiger partial charge in [-0.3, -0.25) is 15.6 Å². The molecule has 0 fully saturated rings. The van der Waals surface area contributed by atoms with E-state index in [9.17, 15) is 4.79 Å². The third kappa shape index (κ3) is 3.20. The van der Waals surface area contributed by atoms with Crippen LogP contribution in [0.25, 0.3) is 0 Å². The summed E-state index contributed by atoms with van der Waals surface area (Å²) < 4.78 is 5.04. The summed E-state index contributed by atoms with van der Waals surface area (Å²) in [4.78, 5) is 15.9. The lowest BCUT2D eigenvalue weighted by Gasteiger charge is -2.06. The van der Waals surface area contributed by atoms with E-state index in [1.54, 1.807) is 43.5 Å². The van der Waals surface area contributed by atoms with Crippen LogP contribution in [0.1, 0.15) is 10.5 Å². The normalized spacial score (nSPS) is 9.79. The van der Waals surface area contributed by atoms with Crippen LogP contribution in [-0.4, -0.2) is 18.0 Å². The third-order valence-electron chi connectivity index (χ3n) is 2.51. The van der Waals surface area contributed by atoms with Crippen molar-refractivity contribution in [3.8, 4) is 5.75 Å². The third-order valence-corrected chi connectivity index (χ3v) is 2.51. The molecule has 2 rings (SSSR count). The number of anilines is 2. The first-order chi connectivity index (χ1) is 9.22. The molecule has 0 aliphatic carbocycles. The van der Waals surface area contributed by atoms with Gasteiger partial charge in [-0.1, -0.05) is 0 Å². The number of pyridine rings is 1. The van der Waals surface area contributed by atoms with Crippen LogP contribution in [0, 0.1) is 0 Å². The molecule has 0 aliphatic rings. The maximum atomic E-state index is 12.0. The van der Waals surface area contributed by atoms with E-state index >= 15 is 0 Å². The van der Waals surface area contributed by atoms with Gasteiger partial charge in [0.05, 0.1) is 12.8 Å². The number of benzene rings is 1. The van der Waals surface area contributed by atoms with Crippen molar-refractivity contribution < 1.29 is 9.53 Å². The summed E-state index contributed by atoms with van der Waals surface area (Å²) in [6.07, 6.45) is 1.51. The topological polar surface area (TPSA) is 89.3 Å². The maximum Gasteiger partial charge on any atom is 0.274 e. The molecule has 98 valence electrons. The summed E-state index contributed by atoms with van der Waals surface area (Å²) in [7, 11) is 1.59. The van der Waals surface area contributed by atoms with Crippen LogP contribution >= 0.6 is 0 Å². The van der Waals surface area contributed by atoms with Gasteiger partial charge in [0.15, 0.2) is 0 Å². The Morgan fingerprint density at radius 3 is 2.58 bits per heavy atom. The Labute approximate surface area is 110 Å². The van der Waals surface area contributed by atoms with Crippen molar-refractivity contribution in [1.29, 1.82) is 0 Å². The van der Waals surface area contributed by atoms with Crippen molar-refractivity contribution in [3.63, 3.8) is 0 Å². The van der Waals surface area contributed by atoms with E-state index < -0.39 is 0 Å². The lowest BCUT2D eigenvalue weighted by atomic mass is 10.2. The molecule has 1 amide bonds. The molecule has 0 saturated heterocycles. The fourth-order valence-corrected chi connectivity index (χ4v) is 1.51. The molecule has 0 saturated carbocycles. The van der Waals surface area contributed by atoms with Crippen LogP contribution in [0.3, 0.4) is 0 Å². The second kappa shape index (κ2) is 5.83. The fourth-order valence-electron chi connectivity index (χ4n) is 1.51. The number of nitrogen functional groups attached to an aromatic ring is 1. The van der Waals surface area contributed by atoms with Gasteiger partial charge in [-0.2, -0.15) is 0 Å². The number of nitrogens with one attached hydrogen (secondary N) is 2. The number of amides is 1. The minimum atomic E-state index is -0.303. The zero-order chi connectivity index (χ0) is 13.7. The SMILES string of the molecule is COc1ccc(NC(=O)c2cc(NN)ccn2)cc1. The van der Waals surface area contributed by atoms with Crippen LogP contribution in [0.4, 0.5) is 11.4 Å². The van der Waals surface area contributed by atoms with Crippen molar-refractivity contribution in [2.24, 2.45) is 5.84 Å². The highest BCUT2D eigenvalue weighted by Gasteiger charge is 2.08. The lowest BCUT2D eigenvalue weighted by molar-refractivity contribution is 0.102. The summed E-state index contributed by atoms with van der Waals surface area (Å²) in [6.45, 7) is 0. The Morgan fingerprint density at radius 1 is 1.21 bits per heavy atom. The minimum Gasteiger partial charge on any atom is -0.497 e. The highest BCUT2D eigenvalue weighted by Crippen LogP contribution is 2.16. The van der Waals surface area contributed by atoms with Gasteiger partial charge in [0.25, 0.3) is 5.91 Å². The first-order valence-corrected chi connectivity index (χ1v) is 5.61. The smallest absolute Gasteiger partial charge is 0.274 e. The van der Waals surface area contributed by atoms with E-state index in [0.29, 0.717) is 11.4 Å². The molecule has 19 heavy (non-hydrogen) atoms. The molecule has 0 spiro atoms. The van der Waals surface area contributed by atoms with Crippen molar-refractivity contribution in [1.82, 2.24) is 4.98 Å². The van der Waals surface area contributed by atoms with Crippen LogP contribution in [0.2, 0.25) is 0 Å². The van der Waals surface area contributed by atoms with Crippen molar-refractivity contribution in [2.45, 2.75) is 0 Å². The highest BCUT2D eigenvalue weighted by atomic mass is 16.5. The van der Waals surface area contributed by atoms with E-state index in [-0.39, 0.29) is 11.6 Å². The summed E-state index contributed by atoms with van der Waals surface area (Å²) in [5.41, 5.74) is 4.03. The van der Waals surface area contributed by atoms with Crippen LogP contribution in [0.5, 0.6) is 5.75 Å². The molecule has 6 nitrogen and oxygen atoms in total. The molecule has 1 aromatic heterocycles. The average molecular weight is 258 g/mol. The standard InChI is InChI=1S/C13H14N4O2/c1-19-11-4-2-9(3-5-11)16-13(18)12-8-10(17-14)6-7-15-12/h2-8H,14H2,1H3,(H,15,17)(H,16,18). The average Bonchev–Trinajstić information content (AvgIpc) is 2.48. The predicted octanol–water partition coefficient (Wildman–Crippen LogP) is 1.63. The number of methoxy groups -OCH3 is 1. The quantitative estimate of drug-likeness (QED) is 0.573. The van der Waals surface area contributed by atoms with Crippen molar-refractivity contribution >= 4 is 17.3 Å². The molecule has 0 unspecified atom stereocenters. The van der Waals surface area contributed by atoms with Gasteiger partial charge in [0.1, 0.15) is 11.4 Å². The van der Waals surface area contributed by atoms with Gasteiger partial charge >= 0.3 is 0 Å². The molecule has 4 N–H and O–H groups in total. The Hall–Kier alpha value is -2.60. The van der Waals surface area contributed by atoms with Gasteiger partial charge in [-0.15, -0.1) is 0 Å². The number of nitrogens with two attached hydrogens (primary N) is 1. The molecule has 0 radical (unpaired) electrons. The zero-order valence-electron chi connectivity index (χ0n) is 10.4. The van der Waals surface area contributed by atoms with Gasteiger partial charge in [0, 0.05) is 11.9 Å². The summed E-state index contributed by atoms with van der Waals surface area (Å²) in [5, 5.41) is 2.74. The lowest BCUT2D eigenvalue weighted by Crippen LogP contribution is -2.15. The first kappa shape index (κ1) is 12.8. The van der Waals surface area contributed by atoms with Crippen LogP contribution in [-0.2, 0) is 0 Å². The van der Waals surface area contributed by atoms with Crippen molar-refractivity contribution in [2.75, 3.05) is 17.9 Å². The number of hydrazine groups is 1. The molecule has 1 heterocycles. The van der Waals surface area contributed by atoms with E-state index in [4.69, 9.17) is 10.6 Å². The number of carbonyl (C=O) groups is 1. The van der Waals surface area contributed by atoms with E-state index in [0.717, 1.165) is 5.75 Å². The molecular formula is C13H14N4O2. The van der Waals surface area contributed by atoms with Gasteiger partial charge < -0.3 is 15.5 Å². The van der Waals surface area contributed by atoms with E-state index in [2.05, 4.69) is 15.7 Å². The second-order valence-corrected chi connectivity index (χ2v) is 3.76. The van der Waals surface area contributed by atoms with Crippen LogP contribution < -0.4 is 21.3 Å². The van der Waals surface area contributed by atoms with Gasteiger partial charge in [0.2, 0.25) is 0 Å². The number of aromatic nitrogens is 1. The summed E-state index contributed by atoms with van der Waals surface area (Å²) in [6, 6.07) is 10.3. The van der Waals surface area contributed by atoms with Crippen molar-refractivity contribution in [3.05, 3.63) is 48.3 Å². The highest BCUT2D eigenvalue weighted by molar-refractivity contribution is 6.03. The minimum absolute atomic E-state index is 0.284. The molecule has 0 aliphatic heterocycles. The molecule has 1 aromatic carbocycles. The fraction of sp³-hybridized carbons (Fsp3) is 0.0769. The second-order valence-electron chi connectivity index (χ2n) is 3.76. The zero-order valence-corrected chi connectivity index (χ0v) is 10.4. The number of rotatable bonds is 4. The summed E-state index contributed by atoms with van der Waals surface area (Å²) in [5.74, 6) is 5.70. The summed E-state index contributed by atoms with van der Waals surface area (Å²) >= 11 is 0. The number of hydrogen-bond acceptors (Lipinski definition) is 5. The predicted molar refractivity (Wildman–Crippen MR) is 73.0 cm³/mol. The first-order valence-electron chi connectivity index (χ1n) is 5.61. The molecule has 0 bridgehead atoms. The molecule has 0 atom stereocenters. The van der Waals surface area contributed by atoms with E-state index in [1.807, 2.05) is 0 Å². The molecule has 2 aromatic rings.